The van der Waals surface area contributed by atoms with Crippen LogP contribution >= 0.6 is 0 Å². The van der Waals surface area contributed by atoms with Gasteiger partial charge >= 0.3 is 0 Å². The Morgan fingerprint density at radius 2 is 2.33 bits per heavy atom. The van der Waals surface area contributed by atoms with Gasteiger partial charge in [0.2, 0.25) is 0 Å². The molecule has 1 aliphatic heterocycles. The number of rotatable bonds is 1. The summed E-state index contributed by atoms with van der Waals surface area (Å²) >= 11 is 0. The molecule has 1 rings (SSSR count). The van der Waals surface area contributed by atoms with E-state index in [0.29, 0.717) is 6.10 Å². The molecule has 0 radical (unpaired) electrons. The Hall–Kier alpha value is -0.370. The van der Waals surface area contributed by atoms with Crippen molar-refractivity contribution in [1.82, 2.24) is 0 Å². The van der Waals surface area contributed by atoms with Crippen LogP contribution in [0, 0.1) is 0 Å². The Morgan fingerprint density at radius 3 is 2.56 bits per heavy atom. The molecule has 0 bridgehead atoms. The molecular formula is C7H13NO. The zero-order chi connectivity index (χ0) is 6.85. The summed E-state index contributed by atoms with van der Waals surface area (Å²) in [5, 5.41) is 0. The van der Waals surface area contributed by atoms with E-state index in [9.17, 15) is 0 Å². The Balaban J connectivity index is 2.53. The number of ether oxygens (including phenoxy) is 1. The van der Waals surface area contributed by atoms with Gasteiger partial charge in [-0.05, 0) is 20.3 Å². The van der Waals surface area contributed by atoms with Crippen molar-refractivity contribution >= 4 is 5.71 Å². The molecular weight excluding hydrogens is 114 g/mol. The Bertz CT molecular complexity index is 131. The zero-order valence-corrected chi connectivity index (χ0v) is 6.22. The maximum absolute atomic E-state index is 5.42. The Morgan fingerprint density at radius 1 is 1.67 bits per heavy atom. The first kappa shape index (κ1) is 6.75. The SMILES string of the molecule is CCC1OC(C)N=C1C. The molecule has 1 aliphatic rings. The highest BCUT2D eigenvalue weighted by Crippen LogP contribution is 2.13. The molecule has 0 aromatic heterocycles. The first-order chi connectivity index (χ1) is 4.24. The van der Waals surface area contributed by atoms with Crippen LogP contribution in [0.3, 0.4) is 0 Å². The highest BCUT2D eigenvalue weighted by atomic mass is 16.5. The third kappa shape index (κ3) is 1.30. The lowest BCUT2D eigenvalue weighted by Crippen LogP contribution is -2.15. The van der Waals surface area contributed by atoms with Crippen molar-refractivity contribution in [3.05, 3.63) is 0 Å². The van der Waals surface area contributed by atoms with E-state index in [2.05, 4.69) is 11.9 Å². The van der Waals surface area contributed by atoms with E-state index in [0.717, 1.165) is 12.1 Å². The fourth-order valence-electron chi connectivity index (χ4n) is 1.13. The van der Waals surface area contributed by atoms with Crippen molar-refractivity contribution in [2.45, 2.75) is 39.5 Å². The van der Waals surface area contributed by atoms with Gasteiger partial charge in [0.15, 0.2) is 0 Å². The molecule has 2 heteroatoms. The van der Waals surface area contributed by atoms with Gasteiger partial charge in [0, 0.05) is 5.71 Å². The van der Waals surface area contributed by atoms with Gasteiger partial charge in [0.1, 0.15) is 6.23 Å². The van der Waals surface area contributed by atoms with Gasteiger partial charge in [-0.25, -0.2) is 0 Å². The van der Waals surface area contributed by atoms with E-state index in [1.807, 2.05) is 13.8 Å². The summed E-state index contributed by atoms with van der Waals surface area (Å²) in [5.74, 6) is 0. The van der Waals surface area contributed by atoms with E-state index in [4.69, 9.17) is 4.74 Å². The van der Waals surface area contributed by atoms with E-state index in [1.165, 1.54) is 0 Å². The van der Waals surface area contributed by atoms with Gasteiger partial charge < -0.3 is 4.74 Å². The van der Waals surface area contributed by atoms with Crippen molar-refractivity contribution in [1.29, 1.82) is 0 Å². The van der Waals surface area contributed by atoms with Crippen molar-refractivity contribution in [2.75, 3.05) is 0 Å². The summed E-state index contributed by atoms with van der Waals surface area (Å²) < 4.78 is 5.42. The summed E-state index contributed by atoms with van der Waals surface area (Å²) in [6.45, 7) is 6.11. The topological polar surface area (TPSA) is 21.6 Å². The second-order valence-electron chi connectivity index (χ2n) is 2.40. The Kier molecular flexibility index (Phi) is 1.86. The molecule has 0 aliphatic carbocycles. The zero-order valence-electron chi connectivity index (χ0n) is 6.22. The minimum absolute atomic E-state index is 0.0925. The third-order valence-electron chi connectivity index (χ3n) is 1.58. The quantitative estimate of drug-likeness (QED) is 0.524. The average Bonchev–Trinajstić information content (AvgIpc) is 2.10. The molecule has 0 saturated carbocycles. The highest BCUT2D eigenvalue weighted by Gasteiger charge is 2.20. The summed E-state index contributed by atoms with van der Waals surface area (Å²) in [5.41, 5.74) is 1.14. The molecule has 0 amide bonds. The van der Waals surface area contributed by atoms with Crippen LogP contribution in [0.25, 0.3) is 0 Å². The van der Waals surface area contributed by atoms with E-state index in [1.54, 1.807) is 0 Å². The fourth-order valence-corrected chi connectivity index (χ4v) is 1.13. The van der Waals surface area contributed by atoms with Crippen LogP contribution < -0.4 is 0 Å². The first-order valence-electron chi connectivity index (χ1n) is 3.43. The van der Waals surface area contributed by atoms with Crippen LogP contribution in [-0.4, -0.2) is 18.0 Å². The molecule has 2 unspecified atom stereocenters. The normalized spacial score (nSPS) is 34.8. The van der Waals surface area contributed by atoms with Crippen molar-refractivity contribution < 1.29 is 4.74 Å². The molecule has 2 atom stereocenters. The van der Waals surface area contributed by atoms with Crippen LogP contribution in [-0.2, 0) is 4.74 Å². The lowest BCUT2D eigenvalue weighted by atomic mass is 10.2. The fraction of sp³-hybridized carbons (Fsp3) is 0.857. The molecule has 2 nitrogen and oxygen atoms in total. The highest BCUT2D eigenvalue weighted by molar-refractivity contribution is 5.87. The minimum Gasteiger partial charge on any atom is -0.348 e. The average molecular weight is 127 g/mol. The van der Waals surface area contributed by atoms with Gasteiger partial charge in [-0.2, -0.15) is 0 Å². The van der Waals surface area contributed by atoms with E-state index < -0.39 is 0 Å². The number of nitrogens with zero attached hydrogens (tertiary/aromatic N) is 1. The smallest absolute Gasteiger partial charge is 0.146 e. The van der Waals surface area contributed by atoms with Crippen molar-refractivity contribution in [3.63, 3.8) is 0 Å². The predicted octanol–water partition coefficient (Wildman–Crippen LogP) is 1.60. The van der Waals surface area contributed by atoms with E-state index >= 15 is 0 Å². The van der Waals surface area contributed by atoms with Gasteiger partial charge in [-0.15, -0.1) is 0 Å². The summed E-state index contributed by atoms with van der Waals surface area (Å²) in [4.78, 5) is 4.24. The van der Waals surface area contributed by atoms with Crippen molar-refractivity contribution in [3.8, 4) is 0 Å². The van der Waals surface area contributed by atoms with Gasteiger partial charge in [0.05, 0.1) is 6.10 Å². The monoisotopic (exact) mass is 127 g/mol. The Labute approximate surface area is 55.9 Å². The summed E-state index contributed by atoms with van der Waals surface area (Å²) in [6.07, 6.45) is 1.43. The molecule has 0 fully saturated rings. The molecule has 0 spiro atoms. The van der Waals surface area contributed by atoms with Crippen LogP contribution in [0.4, 0.5) is 0 Å². The number of aliphatic imine (C=N–C) groups is 1. The standard InChI is InChI=1S/C7H13NO/c1-4-7-5(2)8-6(3)9-7/h6-7H,4H2,1-3H3. The number of hydrogen-bond donors (Lipinski definition) is 0. The lowest BCUT2D eigenvalue weighted by molar-refractivity contribution is 0.0605. The van der Waals surface area contributed by atoms with Crippen LogP contribution in [0.5, 0.6) is 0 Å². The molecule has 1 heterocycles. The summed E-state index contributed by atoms with van der Waals surface area (Å²) in [6, 6.07) is 0. The molecule has 9 heavy (non-hydrogen) atoms. The lowest BCUT2D eigenvalue weighted by Gasteiger charge is -2.06. The van der Waals surface area contributed by atoms with Crippen LogP contribution in [0.1, 0.15) is 27.2 Å². The molecule has 0 aromatic carbocycles. The van der Waals surface area contributed by atoms with Gasteiger partial charge in [-0.1, -0.05) is 6.92 Å². The van der Waals surface area contributed by atoms with Gasteiger partial charge in [0.25, 0.3) is 0 Å². The number of hydrogen-bond acceptors (Lipinski definition) is 2. The first-order valence-corrected chi connectivity index (χ1v) is 3.43. The van der Waals surface area contributed by atoms with Gasteiger partial charge in [-0.3, -0.25) is 4.99 Å². The second-order valence-corrected chi connectivity index (χ2v) is 2.40. The summed E-state index contributed by atoms with van der Waals surface area (Å²) in [7, 11) is 0. The molecule has 0 saturated heterocycles. The van der Waals surface area contributed by atoms with Crippen molar-refractivity contribution in [2.24, 2.45) is 4.99 Å². The minimum atomic E-state index is 0.0925. The second kappa shape index (κ2) is 2.48. The predicted molar refractivity (Wildman–Crippen MR) is 37.7 cm³/mol. The van der Waals surface area contributed by atoms with E-state index in [-0.39, 0.29) is 6.23 Å². The molecule has 0 aromatic rings. The third-order valence-corrected chi connectivity index (χ3v) is 1.58. The molecule has 0 N–H and O–H groups in total. The van der Waals surface area contributed by atoms with Crippen LogP contribution in [0.2, 0.25) is 0 Å². The largest absolute Gasteiger partial charge is 0.348 e. The maximum Gasteiger partial charge on any atom is 0.146 e. The maximum atomic E-state index is 5.42. The van der Waals surface area contributed by atoms with Crippen LogP contribution in [0.15, 0.2) is 4.99 Å². The molecule has 52 valence electrons.